The molecule has 0 saturated heterocycles. The van der Waals surface area contributed by atoms with Gasteiger partial charge in [0.15, 0.2) is 6.61 Å². The molecule has 1 aromatic carbocycles. The minimum absolute atomic E-state index is 0.183. The maximum Gasteiger partial charge on any atom is 0.309 e. The molecule has 0 aliphatic heterocycles. The van der Waals surface area contributed by atoms with Gasteiger partial charge in [0, 0.05) is 7.05 Å². The lowest BCUT2D eigenvalue weighted by Gasteiger charge is -2.16. The Balaban J connectivity index is 1.69. The highest BCUT2D eigenvalue weighted by Crippen LogP contribution is 2.19. The number of hydrogen-bond donors (Lipinski definition) is 1. The average molecular weight is 369 g/mol. The van der Waals surface area contributed by atoms with Crippen molar-refractivity contribution in [3.63, 3.8) is 0 Å². The molecule has 1 amide bonds. The zero-order valence-electron chi connectivity index (χ0n) is 15.5. The molecule has 0 spiro atoms. The van der Waals surface area contributed by atoms with E-state index in [1.54, 1.807) is 18.7 Å². The number of rotatable bonds is 5. The van der Waals surface area contributed by atoms with E-state index in [4.69, 9.17) is 4.74 Å². The molecule has 0 unspecified atom stereocenters. The molecule has 142 valence electrons. The van der Waals surface area contributed by atoms with Crippen LogP contribution in [0.25, 0.3) is 5.69 Å². The standard InChI is InChI=1S/C20H23N3O4/c1-14-18(19(25)23(22(14)2)16-11-7-4-8-12-16)21-17(24)13-27-20(26)15-9-5-3-6-10-15/h3-5,7-8,11-12,15H,6,9-10,13H2,1-2H3,(H,21,24)/t15-/m1/s1. The van der Waals surface area contributed by atoms with E-state index in [0.29, 0.717) is 17.8 Å². The second-order valence-corrected chi connectivity index (χ2v) is 6.57. The van der Waals surface area contributed by atoms with E-state index in [1.165, 1.54) is 4.68 Å². The van der Waals surface area contributed by atoms with E-state index in [2.05, 4.69) is 5.32 Å². The molecular formula is C20H23N3O4. The Hall–Kier alpha value is -3.09. The maximum atomic E-state index is 12.7. The van der Waals surface area contributed by atoms with E-state index in [9.17, 15) is 14.4 Å². The smallest absolute Gasteiger partial charge is 0.309 e. The Labute approximate surface area is 157 Å². The number of allylic oxidation sites excluding steroid dienone is 2. The number of para-hydroxylation sites is 1. The Kier molecular flexibility index (Phi) is 5.59. The summed E-state index contributed by atoms with van der Waals surface area (Å²) in [6.45, 7) is 1.34. The quantitative estimate of drug-likeness (QED) is 0.648. The summed E-state index contributed by atoms with van der Waals surface area (Å²) in [5.41, 5.74) is 1.16. The van der Waals surface area contributed by atoms with Crippen LogP contribution >= 0.6 is 0 Å². The topological polar surface area (TPSA) is 82.3 Å². The number of esters is 1. The number of anilines is 1. The Morgan fingerprint density at radius 1 is 1.22 bits per heavy atom. The molecule has 0 fully saturated rings. The third kappa shape index (κ3) is 4.02. The summed E-state index contributed by atoms with van der Waals surface area (Å²) in [6, 6.07) is 9.16. The van der Waals surface area contributed by atoms with Gasteiger partial charge in [-0.3, -0.25) is 19.1 Å². The number of nitrogens with one attached hydrogen (secondary N) is 1. The van der Waals surface area contributed by atoms with Gasteiger partial charge in [-0.15, -0.1) is 0 Å². The number of nitrogens with zero attached hydrogens (tertiary/aromatic N) is 2. The molecule has 0 bridgehead atoms. The fourth-order valence-electron chi connectivity index (χ4n) is 3.15. The minimum Gasteiger partial charge on any atom is -0.455 e. The van der Waals surface area contributed by atoms with E-state index in [-0.39, 0.29) is 23.1 Å². The van der Waals surface area contributed by atoms with Crippen LogP contribution in [0.5, 0.6) is 0 Å². The first-order chi connectivity index (χ1) is 13.0. The highest BCUT2D eigenvalue weighted by molar-refractivity contribution is 5.93. The fraction of sp³-hybridized carbons (Fsp3) is 0.350. The molecule has 0 radical (unpaired) electrons. The summed E-state index contributed by atoms with van der Waals surface area (Å²) < 4.78 is 8.27. The summed E-state index contributed by atoms with van der Waals surface area (Å²) in [7, 11) is 1.75. The van der Waals surface area contributed by atoms with Crippen LogP contribution in [0.15, 0.2) is 47.3 Å². The largest absolute Gasteiger partial charge is 0.455 e. The number of carbonyl (C=O) groups is 2. The van der Waals surface area contributed by atoms with Crippen molar-refractivity contribution in [3.05, 3.63) is 58.5 Å². The number of carbonyl (C=O) groups excluding carboxylic acids is 2. The van der Waals surface area contributed by atoms with Crippen LogP contribution in [0.3, 0.4) is 0 Å². The van der Waals surface area contributed by atoms with Crippen LogP contribution in [0.1, 0.15) is 25.0 Å². The van der Waals surface area contributed by atoms with Crippen molar-refractivity contribution in [3.8, 4) is 5.69 Å². The monoisotopic (exact) mass is 369 g/mol. The number of ether oxygens (including phenoxy) is 1. The predicted octanol–water partition coefficient (Wildman–Crippen LogP) is 2.32. The minimum atomic E-state index is -0.527. The molecule has 1 aromatic heterocycles. The lowest BCUT2D eigenvalue weighted by Crippen LogP contribution is -2.27. The van der Waals surface area contributed by atoms with E-state index < -0.39 is 12.5 Å². The van der Waals surface area contributed by atoms with Crippen LogP contribution in [0.2, 0.25) is 0 Å². The first kappa shape index (κ1) is 18.7. The summed E-state index contributed by atoms with van der Waals surface area (Å²) in [4.78, 5) is 37.0. The lowest BCUT2D eigenvalue weighted by molar-refractivity contribution is -0.151. The van der Waals surface area contributed by atoms with E-state index in [0.717, 1.165) is 12.8 Å². The van der Waals surface area contributed by atoms with Crippen molar-refractivity contribution < 1.29 is 14.3 Å². The summed E-state index contributed by atoms with van der Waals surface area (Å²) in [5.74, 6) is -1.10. The molecule has 27 heavy (non-hydrogen) atoms. The van der Waals surface area contributed by atoms with Crippen LogP contribution in [0, 0.1) is 12.8 Å². The third-order valence-corrected chi connectivity index (χ3v) is 4.77. The molecule has 0 saturated carbocycles. The van der Waals surface area contributed by atoms with Crippen LogP contribution in [-0.2, 0) is 21.4 Å². The third-order valence-electron chi connectivity index (χ3n) is 4.77. The van der Waals surface area contributed by atoms with Gasteiger partial charge >= 0.3 is 5.97 Å². The predicted molar refractivity (Wildman–Crippen MR) is 102 cm³/mol. The van der Waals surface area contributed by atoms with Crippen LogP contribution in [0.4, 0.5) is 5.69 Å². The Morgan fingerprint density at radius 2 is 1.96 bits per heavy atom. The van der Waals surface area contributed by atoms with Crippen molar-refractivity contribution in [1.82, 2.24) is 9.36 Å². The average Bonchev–Trinajstić information content (AvgIpc) is 2.90. The zero-order chi connectivity index (χ0) is 19.4. The van der Waals surface area contributed by atoms with Crippen molar-refractivity contribution in [2.24, 2.45) is 13.0 Å². The molecule has 1 atom stereocenters. The second kappa shape index (κ2) is 8.07. The molecule has 1 aliphatic carbocycles. The Bertz CT molecular complexity index is 925. The van der Waals surface area contributed by atoms with Crippen molar-refractivity contribution in [2.45, 2.75) is 26.2 Å². The maximum absolute atomic E-state index is 12.7. The van der Waals surface area contributed by atoms with Gasteiger partial charge in [0.25, 0.3) is 11.5 Å². The normalized spacial score (nSPS) is 16.1. The van der Waals surface area contributed by atoms with Crippen molar-refractivity contribution >= 4 is 17.6 Å². The first-order valence-electron chi connectivity index (χ1n) is 8.94. The van der Waals surface area contributed by atoms with Gasteiger partial charge in [-0.2, -0.15) is 0 Å². The Morgan fingerprint density at radius 3 is 2.63 bits per heavy atom. The van der Waals surface area contributed by atoms with Gasteiger partial charge in [0.05, 0.1) is 17.3 Å². The second-order valence-electron chi connectivity index (χ2n) is 6.57. The molecule has 3 rings (SSSR count). The van der Waals surface area contributed by atoms with Crippen LogP contribution in [-0.4, -0.2) is 27.8 Å². The summed E-state index contributed by atoms with van der Waals surface area (Å²) >= 11 is 0. The molecule has 2 aromatic rings. The van der Waals surface area contributed by atoms with E-state index >= 15 is 0 Å². The molecule has 1 heterocycles. The molecular weight excluding hydrogens is 346 g/mol. The number of amides is 1. The number of hydrogen-bond acceptors (Lipinski definition) is 4. The zero-order valence-corrected chi connectivity index (χ0v) is 15.5. The number of aromatic nitrogens is 2. The summed E-state index contributed by atoms with van der Waals surface area (Å²) in [5, 5.41) is 2.58. The van der Waals surface area contributed by atoms with Gasteiger partial charge in [-0.05, 0) is 38.3 Å². The SMILES string of the molecule is Cc1c(NC(=O)COC(=O)[C@@H]2CC=CCC2)c(=O)n(-c2ccccc2)n1C. The van der Waals surface area contributed by atoms with Gasteiger partial charge < -0.3 is 10.1 Å². The molecule has 1 N–H and O–H groups in total. The molecule has 7 nitrogen and oxygen atoms in total. The van der Waals surface area contributed by atoms with Gasteiger partial charge in [0.2, 0.25) is 0 Å². The highest BCUT2D eigenvalue weighted by Gasteiger charge is 2.22. The molecule has 1 aliphatic rings. The van der Waals surface area contributed by atoms with Crippen LogP contribution < -0.4 is 10.9 Å². The van der Waals surface area contributed by atoms with Gasteiger partial charge in [-0.25, -0.2) is 4.68 Å². The van der Waals surface area contributed by atoms with Gasteiger partial charge in [0.1, 0.15) is 5.69 Å². The van der Waals surface area contributed by atoms with Gasteiger partial charge in [-0.1, -0.05) is 30.4 Å². The molecule has 7 heteroatoms. The first-order valence-corrected chi connectivity index (χ1v) is 8.94. The van der Waals surface area contributed by atoms with E-state index in [1.807, 2.05) is 42.5 Å². The fourth-order valence-corrected chi connectivity index (χ4v) is 3.15. The number of benzene rings is 1. The van der Waals surface area contributed by atoms with Crippen molar-refractivity contribution in [1.29, 1.82) is 0 Å². The lowest BCUT2D eigenvalue weighted by atomic mass is 9.95. The van der Waals surface area contributed by atoms with Crippen molar-refractivity contribution in [2.75, 3.05) is 11.9 Å². The highest BCUT2D eigenvalue weighted by atomic mass is 16.5. The summed E-state index contributed by atoms with van der Waals surface area (Å²) in [6.07, 6.45) is 6.20.